The van der Waals surface area contributed by atoms with Gasteiger partial charge in [-0.1, -0.05) is 20.8 Å². The van der Waals surface area contributed by atoms with Gasteiger partial charge in [-0.25, -0.2) is 8.42 Å². The summed E-state index contributed by atoms with van der Waals surface area (Å²) in [4.78, 5) is 0. The fourth-order valence-corrected chi connectivity index (χ4v) is 7.40. The molecule has 1 unspecified atom stereocenters. The molecule has 4 N–H and O–H groups in total. The molecule has 0 amide bonds. The van der Waals surface area contributed by atoms with Crippen LogP contribution >= 0.6 is 23.1 Å². The number of rotatable bonds is 8. The zero-order valence-electron chi connectivity index (χ0n) is 18.5. The lowest BCUT2D eigenvalue weighted by Crippen LogP contribution is -2.37. The molecule has 3 aromatic rings. The molecule has 0 spiro atoms. The number of aliphatic hydroxyl groups is 1. The molecule has 33 heavy (non-hydrogen) atoms. The van der Waals surface area contributed by atoms with Crippen molar-refractivity contribution in [3.05, 3.63) is 29.5 Å². The number of nitrogens with one attached hydrogen (secondary N) is 2. The van der Waals surface area contributed by atoms with Gasteiger partial charge in [0.1, 0.15) is 0 Å². The minimum absolute atomic E-state index is 0.127. The first kappa shape index (κ1) is 24.0. The van der Waals surface area contributed by atoms with Crippen molar-refractivity contribution in [3.63, 3.8) is 0 Å². The van der Waals surface area contributed by atoms with Gasteiger partial charge in [0.15, 0.2) is 21.6 Å². The summed E-state index contributed by atoms with van der Waals surface area (Å²) in [6.45, 7) is 6.33. The highest BCUT2D eigenvalue weighted by Crippen LogP contribution is 2.43. The fraction of sp³-hybridized carbons (Fsp3) is 0.500. The lowest BCUT2D eigenvalue weighted by molar-refractivity contribution is 0.213. The number of anilines is 3. The van der Waals surface area contributed by atoms with Crippen LogP contribution in [0.15, 0.2) is 32.6 Å². The molecule has 0 aliphatic carbocycles. The Hall–Kier alpha value is -2.19. The molecule has 1 saturated heterocycles. The molecule has 2 atom stereocenters. The first-order chi connectivity index (χ1) is 15.6. The summed E-state index contributed by atoms with van der Waals surface area (Å²) < 4.78 is 41.1. The normalized spacial score (nSPS) is 18.5. The van der Waals surface area contributed by atoms with Crippen LogP contribution < -0.4 is 10.6 Å². The monoisotopic (exact) mass is 513 g/mol. The molecular weight excluding hydrogens is 486 g/mol. The third kappa shape index (κ3) is 4.73. The summed E-state index contributed by atoms with van der Waals surface area (Å²) in [6, 6.07) is 1.29. The number of nitrogens with zero attached hydrogens (tertiary/aromatic N) is 3. The van der Waals surface area contributed by atoms with E-state index in [2.05, 4.69) is 40.2 Å². The average molecular weight is 514 g/mol. The SMILES string of the molecule is CC(C)(C)[C@@H](Nc1nsnc1Nc1csc(S(=O)(=O)N2CCCC2CO)c1O)c1ccoc1. The molecule has 1 aliphatic heterocycles. The largest absolute Gasteiger partial charge is 0.504 e. The van der Waals surface area contributed by atoms with Gasteiger partial charge in [0.05, 0.1) is 42.6 Å². The molecule has 0 aromatic carbocycles. The van der Waals surface area contributed by atoms with Gasteiger partial charge >= 0.3 is 0 Å². The van der Waals surface area contributed by atoms with Gasteiger partial charge in [-0.3, -0.25) is 0 Å². The van der Waals surface area contributed by atoms with Gasteiger partial charge < -0.3 is 25.3 Å². The first-order valence-corrected chi connectivity index (χ1v) is 13.5. The van der Waals surface area contributed by atoms with Crippen LogP contribution in [0.2, 0.25) is 0 Å². The Balaban J connectivity index is 1.57. The summed E-state index contributed by atoms with van der Waals surface area (Å²) in [5.41, 5.74) is 1.01. The van der Waals surface area contributed by atoms with Gasteiger partial charge in [0, 0.05) is 23.5 Å². The fourth-order valence-electron chi connectivity index (χ4n) is 3.89. The number of aromatic nitrogens is 2. The molecule has 1 aliphatic rings. The Labute approximate surface area is 200 Å². The van der Waals surface area contributed by atoms with Crippen LogP contribution in [0.1, 0.15) is 45.2 Å². The number of aromatic hydroxyl groups is 1. The van der Waals surface area contributed by atoms with Crippen molar-refractivity contribution in [1.82, 2.24) is 13.1 Å². The number of aliphatic hydroxyl groups excluding tert-OH is 1. The van der Waals surface area contributed by atoms with Gasteiger partial charge in [-0.05, 0) is 24.3 Å². The molecule has 4 rings (SSSR count). The lowest BCUT2D eigenvalue weighted by atomic mass is 9.83. The maximum absolute atomic E-state index is 13.1. The van der Waals surface area contributed by atoms with Crippen molar-refractivity contribution in [2.45, 2.75) is 49.9 Å². The Morgan fingerprint density at radius 2 is 2.09 bits per heavy atom. The van der Waals surface area contributed by atoms with E-state index >= 15 is 0 Å². The Morgan fingerprint density at radius 1 is 1.33 bits per heavy atom. The second-order valence-electron chi connectivity index (χ2n) is 8.97. The number of sulfonamides is 1. The molecule has 1 fully saturated rings. The summed E-state index contributed by atoms with van der Waals surface area (Å²) in [5, 5.41) is 28.2. The maximum atomic E-state index is 13.1. The van der Waals surface area contributed by atoms with E-state index in [0.29, 0.717) is 31.0 Å². The minimum atomic E-state index is -3.92. The standard InChI is InChI=1S/C20H27N5O5S3/c1-20(2,3)16(12-6-8-30-10-12)22-18-17(23-32-24-18)21-14-11-31-19(15(14)27)33(28,29)25-7-4-5-13(25)9-26/h6,8,10-11,13,16,26-27H,4-5,7,9H2,1-3H3,(H,21,23)(H,22,24)/t13?,16-/m0/s1. The average Bonchev–Trinajstić information content (AvgIpc) is 3.54. The van der Waals surface area contributed by atoms with E-state index in [1.165, 1.54) is 9.69 Å². The Bertz CT molecular complexity index is 1180. The smallest absolute Gasteiger partial charge is 0.256 e. The highest BCUT2D eigenvalue weighted by Gasteiger charge is 2.38. The topological polar surface area (TPSA) is 141 Å². The third-order valence-corrected chi connectivity index (χ3v) is 9.54. The molecule has 0 saturated carbocycles. The van der Waals surface area contributed by atoms with E-state index < -0.39 is 16.1 Å². The molecule has 180 valence electrons. The Kier molecular flexibility index (Phi) is 6.69. The van der Waals surface area contributed by atoms with E-state index in [0.717, 1.165) is 28.6 Å². The van der Waals surface area contributed by atoms with E-state index in [-0.39, 0.29) is 33.7 Å². The number of hydrogen-bond donors (Lipinski definition) is 4. The van der Waals surface area contributed by atoms with E-state index in [1.54, 1.807) is 12.5 Å². The number of hydrogen-bond acceptors (Lipinski definition) is 11. The summed E-state index contributed by atoms with van der Waals surface area (Å²) in [5.74, 6) is 0.491. The summed E-state index contributed by atoms with van der Waals surface area (Å²) >= 11 is 1.92. The van der Waals surface area contributed by atoms with Crippen LogP contribution in [0.4, 0.5) is 17.3 Å². The van der Waals surface area contributed by atoms with Crippen LogP contribution in [-0.2, 0) is 10.0 Å². The van der Waals surface area contributed by atoms with Crippen LogP contribution in [0.25, 0.3) is 0 Å². The zero-order valence-corrected chi connectivity index (χ0v) is 20.9. The highest BCUT2D eigenvalue weighted by atomic mass is 32.2. The second-order valence-corrected chi connectivity index (χ2v) is 12.5. The van der Waals surface area contributed by atoms with Crippen LogP contribution in [0.5, 0.6) is 5.75 Å². The molecule has 0 radical (unpaired) electrons. The van der Waals surface area contributed by atoms with Gasteiger partial charge in [0.2, 0.25) is 0 Å². The second kappa shape index (κ2) is 9.22. The molecule has 4 heterocycles. The van der Waals surface area contributed by atoms with Gasteiger partial charge in [-0.15, -0.1) is 11.3 Å². The molecule has 0 bridgehead atoms. The van der Waals surface area contributed by atoms with Crippen LogP contribution in [0.3, 0.4) is 0 Å². The van der Waals surface area contributed by atoms with E-state index in [1.807, 2.05) is 6.07 Å². The minimum Gasteiger partial charge on any atom is -0.504 e. The summed E-state index contributed by atoms with van der Waals surface area (Å²) in [6.07, 6.45) is 4.56. The maximum Gasteiger partial charge on any atom is 0.256 e. The Morgan fingerprint density at radius 3 is 2.76 bits per heavy atom. The van der Waals surface area contributed by atoms with Crippen LogP contribution in [-0.4, -0.2) is 50.9 Å². The van der Waals surface area contributed by atoms with Crippen molar-refractivity contribution in [2.75, 3.05) is 23.8 Å². The quantitative estimate of drug-likeness (QED) is 0.352. The van der Waals surface area contributed by atoms with Crippen molar-refractivity contribution in [3.8, 4) is 5.75 Å². The first-order valence-electron chi connectivity index (χ1n) is 10.4. The molecular formula is C20H27N5O5S3. The highest BCUT2D eigenvalue weighted by molar-refractivity contribution is 7.91. The predicted octanol–water partition coefficient (Wildman–Crippen LogP) is 3.99. The zero-order chi connectivity index (χ0) is 23.8. The molecule has 3 aromatic heterocycles. The predicted molar refractivity (Wildman–Crippen MR) is 128 cm³/mol. The van der Waals surface area contributed by atoms with Crippen LogP contribution in [0, 0.1) is 5.41 Å². The molecule has 13 heteroatoms. The summed E-state index contributed by atoms with van der Waals surface area (Å²) in [7, 11) is -3.92. The number of thiophene rings is 1. The van der Waals surface area contributed by atoms with Crippen molar-refractivity contribution >= 4 is 50.4 Å². The van der Waals surface area contributed by atoms with E-state index in [9.17, 15) is 18.6 Å². The number of furan rings is 1. The van der Waals surface area contributed by atoms with Crippen molar-refractivity contribution in [1.29, 1.82) is 0 Å². The van der Waals surface area contributed by atoms with Crippen molar-refractivity contribution in [2.24, 2.45) is 5.41 Å². The molecule has 10 nitrogen and oxygen atoms in total. The third-order valence-electron chi connectivity index (χ3n) is 5.57. The lowest BCUT2D eigenvalue weighted by Gasteiger charge is -2.31. The van der Waals surface area contributed by atoms with Gasteiger partial charge in [0.25, 0.3) is 10.0 Å². The van der Waals surface area contributed by atoms with Gasteiger partial charge in [-0.2, -0.15) is 13.1 Å². The van der Waals surface area contributed by atoms with Crippen molar-refractivity contribution < 1.29 is 23.0 Å². The van der Waals surface area contributed by atoms with E-state index in [4.69, 9.17) is 4.42 Å².